The molecule has 21 heavy (non-hydrogen) atoms. The molecule has 1 amide bonds. The van der Waals surface area contributed by atoms with Crippen molar-refractivity contribution in [3.05, 3.63) is 53.6 Å². The molecule has 0 unspecified atom stereocenters. The van der Waals surface area contributed by atoms with Gasteiger partial charge in [-0.3, -0.25) is 4.79 Å². The van der Waals surface area contributed by atoms with Gasteiger partial charge in [-0.25, -0.2) is 0 Å². The van der Waals surface area contributed by atoms with Crippen molar-refractivity contribution in [1.29, 1.82) is 0 Å². The van der Waals surface area contributed by atoms with Gasteiger partial charge in [-0.05, 0) is 25.5 Å². The van der Waals surface area contributed by atoms with Crippen molar-refractivity contribution in [2.45, 2.75) is 19.8 Å². The molecule has 3 heteroatoms. The highest BCUT2D eigenvalue weighted by Gasteiger charge is 2.13. The van der Waals surface area contributed by atoms with E-state index in [1.54, 1.807) is 0 Å². The molecule has 0 bridgehead atoms. The van der Waals surface area contributed by atoms with E-state index in [1.165, 1.54) is 11.1 Å². The van der Waals surface area contributed by atoms with Gasteiger partial charge in [0.15, 0.2) is 0 Å². The predicted molar refractivity (Wildman–Crippen MR) is 87.9 cm³/mol. The number of carbonyl (C=O) groups excluding carboxylic acids is 1. The SMILES string of the molecule is CCN(CC=Cc1ccccc1)C(=O)CC1=CCNCC1. The molecule has 0 saturated heterocycles. The average Bonchev–Trinajstić information content (AvgIpc) is 2.53. The molecular formula is C18H24N2O. The first-order chi connectivity index (χ1) is 10.3. The van der Waals surface area contributed by atoms with Gasteiger partial charge < -0.3 is 10.2 Å². The maximum Gasteiger partial charge on any atom is 0.226 e. The number of amides is 1. The first-order valence-electron chi connectivity index (χ1n) is 7.67. The summed E-state index contributed by atoms with van der Waals surface area (Å²) < 4.78 is 0. The highest BCUT2D eigenvalue weighted by Crippen LogP contribution is 2.11. The zero-order chi connectivity index (χ0) is 14.9. The van der Waals surface area contributed by atoms with Crippen molar-refractivity contribution in [2.24, 2.45) is 0 Å². The number of likely N-dealkylation sites (N-methyl/N-ethyl adjacent to an activating group) is 1. The average molecular weight is 284 g/mol. The van der Waals surface area contributed by atoms with Crippen LogP contribution in [-0.4, -0.2) is 37.0 Å². The van der Waals surface area contributed by atoms with Gasteiger partial charge in [0, 0.05) is 26.1 Å². The quantitative estimate of drug-likeness (QED) is 0.815. The fraction of sp³-hybridized carbons (Fsp3) is 0.389. The molecule has 0 spiro atoms. The molecule has 112 valence electrons. The van der Waals surface area contributed by atoms with E-state index in [-0.39, 0.29) is 5.91 Å². The van der Waals surface area contributed by atoms with Crippen LogP contribution in [0.15, 0.2) is 48.1 Å². The van der Waals surface area contributed by atoms with E-state index >= 15 is 0 Å². The smallest absolute Gasteiger partial charge is 0.226 e. The van der Waals surface area contributed by atoms with Crippen molar-refractivity contribution < 1.29 is 4.79 Å². The minimum absolute atomic E-state index is 0.225. The van der Waals surface area contributed by atoms with Crippen LogP contribution in [0.3, 0.4) is 0 Å². The Morgan fingerprint density at radius 2 is 2.14 bits per heavy atom. The largest absolute Gasteiger partial charge is 0.339 e. The summed E-state index contributed by atoms with van der Waals surface area (Å²) in [7, 11) is 0. The summed E-state index contributed by atoms with van der Waals surface area (Å²) in [6, 6.07) is 10.2. The number of carbonyl (C=O) groups is 1. The predicted octanol–water partition coefficient (Wildman–Crippen LogP) is 2.86. The van der Waals surface area contributed by atoms with Crippen LogP contribution in [0.2, 0.25) is 0 Å². The van der Waals surface area contributed by atoms with Crippen LogP contribution >= 0.6 is 0 Å². The van der Waals surface area contributed by atoms with E-state index < -0.39 is 0 Å². The van der Waals surface area contributed by atoms with E-state index in [9.17, 15) is 4.79 Å². The molecule has 0 atom stereocenters. The van der Waals surface area contributed by atoms with E-state index in [4.69, 9.17) is 0 Å². The first kappa shape index (κ1) is 15.5. The summed E-state index contributed by atoms with van der Waals surface area (Å²) in [5.41, 5.74) is 2.44. The lowest BCUT2D eigenvalue weighted by atomic mass is 10.1. The van der Waals surface area contributed by atoms with E-state index in [2.05, 4.69) is 35.7 Å². The number of nitrogens with zero attached hydrogens (tertiary/aromatic N) is 1. The standard InChI is InChI=1S/C18H24N2O/c1-2-20(14-6-9-16-7-4-3-5-8-16)18(21)15-17-10-12-19-13-11-17/h3-10,19H,2,11-15H2,1H3. The number of hydrogen-bond donors (Lipinski definition) is 1. The van der Waals surface area contributed by atoms with Crippen molar-refractivity contribution in [3.8, 4) is 0 Å². The highest BCUT2D eigenvalue weighted by molar-refractivity contribution is 5.79. The van der Waals surface area contributed by atoms with Crippen molar-refractivity contribution in [1.82, 2.24) is 10.2 Å². The van der Waals surface area contributed by atoms with Crippen LogP contribution in [0, 0.1) is 0 Å². The molecule has 1 aliphatic heterocycles. The second kappa shape index (κ2) is 8.42. The van der Waals surface area contributed by atoms with Crippen LogP contribution in [0.25, 0.3) is 6.08 Å². The number of nitrogens with one attached hydrogen (secondary N) is 1. The van der Waals surface area contributed by atoms with Crippen LogP contribution in [0.1, 0.15) is 25.3 Å². The van der Waals surface area contributed by atoms with Crippen LogP contribution < -0.4 is 5.32 Å². The lowest BCUT2D eigenvalue weighted by Crippen LogP contribution is -2.32. The molecule has 1 aromatic carbocycles. The normalized spacial score (nSPS) is 15.0. The van der Waals surface area contributed by atoms with Gasteiger partial charge in [0.05, 0.1) is 0 Å². The summed E-state index contributed by atoms with van der Waals surface area (Å²) in [6.45, 7) is 5.34. The van der Waals surface area contributed by atoms with Crippen molar-refractivity contribution in [2.75, 3.05) is 26.2 Å². The summed E-state index contributed by atoms with van der Waals surface area (Å²) in [5, 5.41) is 3.27. The Hall–Kier alpha value is -1.87. The Kier molecular flexibility index (Phi) is 6.22. The molecule has 0 saturated carbocycles. The molecule has 0 radical (unpaired) electrons. The fourth-order valence-corrected chi connectivity index (χ4v) is 2.42. The Morgan fingerprint density at radius 1 is 1.33 bits per heavy atom. The van der Waals surface area contributed by atoms with Gasteiger partial charge in [0.25, 0.3) is 0 Å². The molecule has 1 aliphatic rings. The Balaban J connectivity index is 1.85. The van der Waals surface area contributed by atoms with Crippen LogP contribution in [0.5, 0.6) is 0 Å². The van der Waals surface area contributed by atoms with E-state index in [0.29, 0.717) is 13.0 Å². The fourth-order valence-electron chi connectivity index (χ4n) is 2.42. The topological polar surface area (TPSA) is 32.3 Å². The van der Waals surface area contributed by atoms with Crippen LogP contribution in [-0.2, 0) is 4.79 Å². The monoisotopic (exact) mass is 284 g/mol. The summed E-state index contributed by atoms with van der Waals surface area (Å²) in [4.78, 5) is 14.2. The molecule has 0 aliphatic carbocycles. The Bertz CT molecular complexity index is 505. The number of benzene rings is 1. The Labute approximate surface area is 127 Å². The van der Waals surface area contributed by atoms with Crippen molar-refractivity contribution >= 4 is 12.0 Å². The van der Waals surface area contributed by atoms with Crippen molar-refractivity contribution in [3.63, 3.8) is 0 Å². The third-order valence-corrected chi connectivity index (χ3v) is 3.71. The summed E-state index contributed by atoms with van der Waals surface area (Å²) in [5.74, 6) is 0.225. The Morgan fingerprint density at radius 3 is 2.81 bits per heavy atom. The zero-order valence-corrected chi connectivity index (χ0v) is 12.7. The lowest BCUT2D eigenvalue weighted by Gasteiger charge is -2.21. The van der Waals surface area contributed by atoms with Crippen LogP contribution in [0.4, 0.5) is 0 Å². The van der Waals surface area contributed by atoms with E-state index in [0.717, 1.165) is 26.1 Å². The molecule has 1 heterocycles. The molecule has 0 fully saturated rings. The van der Waals surface area contributed by atoms with Gasteiger partial charge in [0.1, 0.15) is 0 Å². The minimum atomic E-state index is 0.225. The molecule has 1 N–H and O–H groups in total. The number of rotatable bonds is 6. The molecule has 1 aromatic rings. The maximum atomic E-state index is 12.3. The first-order valence-corrected chi connectivity index (χ1v) is 7.67. The van der Waals surface area contributed by atoms with Gasteiger partial charge in [-0.2, -0.15) is 0 Å². The van der Waals surface area contributed by atoms with Gasteiger partial charge in [-0.1, -0.05) is 54.1 Å². The second-order valence-electron chi connectivity index (χ2n) is 5.24. The third-order valence-electron chi connectivity index (χ3n) is 3.71. The van der Waals surface area contributed by atoms with Gasteiger partial charge >= 0.3 is 0 Å². The molecule has 2 rings (SSSR count). The van der Waals surface area contributed by atoms with E-state index in [1.807, 2.05) is 30.0 Å². The minimum Gasteiger partial charge on any atom is -0.339 e. The second-order valence-corrected chi connectivity index (χ2v) is 5.24. The molecule has 0 aromatic heterocycles. The molecule has 3 nitrogen and oxygen atoms in total. The number of hydrogen-bond acceptors (Lipinski definition) is 2. The highest BCUT2D eigenvalue weighted by atomic mass is 16.2. The lowest BCUT2D eigenvalue weighted by molar-refractivity contribution is -0.129. The third kappa shape index (κ3) is 5.20. The van der Waals surface area contributed by atoms with Gasteiger partial charge in [0.2, 0.25) is 5.91 Å². The maximum absolute atomic E-state index is 12.3. The molecular weight excluding hydrogens is 260 g/mol. The summed E-state index contributed by atoms with van der Waals surface area (Å²) >= 11 is 0. The zero-order valence-electron chi connectivity index (χ0n) is 12.7. The summed E-state index contributed by atoms with van der Waals surface area (Å²) in [6.07, 6.45) is 7.83. The van der Waals surface area contributed by atoms with Gasteiger partial charge in [-0.15, -0.1) is 0 Å².